The Labute approximate surface area is 113 Å². The zero-order valence-corrected chi connectivity index (χ0v) is 14.2. The van der Waals surface area contributed by atoms with Crippen molar-refractivity contribution < 1.29 is 24.2 Å². The molecule has 0 fully saturated rings. The number of ether oxygens (including phenoxy) is 1. The molecule has 0 saturated heterocycles. The third-order valence-electron chi connectivity index (χ3n) is 1.92. The molecule has 2 N–H and O–H groups in total. The number of hydrogen-bond donors (Lipinski definition) is 2. The van der Waals surface area contributed by atoms with Crippen LogP contribution < -0.4 is 5.32 Å². The fraction of sp³-hybridized carbons (Fsp3) is 0.583. The van der Waals surface area contributed by atoms with Crippen LogP contribution in [-0.2, 0) is 14.3 Å². The summed E-state index contributed by atoms with van der Waals surface area (Å²) < 4.78 is 4.73. The predicted octanol–water partition coefficient (Wildman–Crippen LogP) is 0.767. The number of nitrogens with one attached hydrogen (secondary N) is 1. The fourth-order valence-electron chi connectivity index (χ4n) is 0.983. The zero-order valence-electron chi connectivity index (χ0n) is 11.8. The average Bonchev–Trinajstić information content (AvgIpc) is 2.42. The summed E-state index contributed by atoms with van der Waals surface area (Å²) in [6, 6.07) is -1.07. The van der Waals surface area contributed by atoms with Crippen molar-refractivity contribution in [1.29, 1.82) is 0 Å². The van der Waals surface area contributed by atoms with E-state index in [1.165, 1.54) is 24.4 Å². The molecule has 20 heavy (non-hydrogen) atoms. The van der Waals surface area contributed by atoms with Gasteiger partial charge in [-0.2, -0.15) is 6.41 Å². The second kappa shape index (κ2) is 14.0. The van der Waals surface area contributed by atoms with Crippen LogP contribution in [0, 0.1) is 0 Å². The van der Waals surface area contributed by atoms with Gasteiger partial charge in [0.1, 0.15) is 6.61 Å². The van der Waals surface area contributed by atoms with E-state index in [1.54, 1.807) is 0 Å². The SMILES string of the molecule is C=CCOC(=O)N(C)CCC(N[C-]=O)C(=O)O.CC.[Fm]. The molecule has 8 heteroatoms. The van der Waals surface area contributed by atoms with Gasteiger partial charge in [0.25, 0.3) is 0 Å². The Balaban J connectivity index is -0.000000916. The van der Waals surface area contributed by atoms with Crippen LogP contribution in [0.2, 0.25) is 0 Å². The minimum Gasteiger partial charge on any atom is -0.520 e. The van der Waals surface area contributed by atoms with Crippen LogP contribution in [0.15, 0.2) is 12.7 Å². The number of rotatable bonds is 8. The molecule has 0 radical (unpaired) electrons. The first-order valence-corrected chi connectivity index (χ1v) is 5.87. The fourth-order valence-corrected chi connectivity index (χ4v) is 0.983. The summed E-state index contributed by atoms with van der Waals surface area (Å²) in [5, 5.41) is 10.7. The first kappa shape index (κ1) is 22.2. The molecule has 0 aromatic carbocycles. The Morgan fingerprint density at radius 2 is 2.05 bits per heavy atom. The van der Waals surface area contributed by atoms with Crippen LogP contribution in [0.3, 0.4) is 0 Å². The van der Waals surface area contributed by atoms with Gasteiger partial charge in [-0.3, -0.25) is 4.79 Å². The maximum Gasteiger partial charge on any atom is 0.409 e. The molecule has 7 nitrogen and oxygen atoms in total. The summed E-state index contributed by atoms with van der Waals surface area (Å²) in [7, 11) is 1.47. The van der Waals surface area contributed by atoms with Crippen molar-refractivity contribution in [3.63, 3.8) is 0 Å². The van der Waals surface area contributed by atoms with E-state index < -0.39 is 18.1 Å². The molecule has 2 amide bonds. The standard InChI is InChI=1S/C10H15N2O5.C2H6.Fm/c1-3-6-17-10(16)12(2)5-4-8(9(14)15)11-7-13;1-2;/h3,8H,1,4-6H2,2H3,(H,11,13)(H,14,15);1-2H3;/q-1;;. The van der Waals surface area contributed by atoms with Crippen LogP contribution in [0.5, 0.6) is 0 Å². The molecule has 0 bridgehead atoms. The summed E-state index contributed by atoms with van der Waals surface area (Å²) in [5.41, 5.74) is 0. The van der Waals surface area contributed by atoms with Gasteiger partial charge in [-0.05, 0) is 6.42 Å². The van der Waals surface area contributed by atoms with Crippen molar-refractivity contribution >= 4 is 18.5 Å². The largest absolute Gasteiger partial charge is 0.520 e. The Bertz CT molecular complexity index is 300. The van der Waals surface area contributed by atoms with Gasteiger partial charge in [0, 0.05) is 13.6 Å². The number of carboxylic acids is 1. The minimum absolute atomic E-state index is 0. The number of carbonyl (C=O) groups is 2. The molecule has 0 aromatic rings. The Kier molecular flexibility index (Phi) is 15.5. The van der Waals surface area contributed by atoms with E-state index in [9.17, 15) is 14.4 Å². The summed E-state index contributed by atoms with van der Waals surface area (Å²) in [4.78, 5) is 33.1. The molecule has 0 saturated carbocycles. The molecule has 1 unspecified atom stereocenters. The van der Waals surface area contributed by atoms with Crippen molar-refractivity contribution in [3.05, 3.63) is 12.7 Å². The van der Waals surface area contributed by atoms with Crippen LogP contribution >= 0.6 is 0 Å². The quantitative estimate of drug-likeness (QED) is 0.275. The molecular weight excluding hydrogens is 509 g/mol. The second-order valence-electron chi connectivity index (χ2n) is 3.21. The Morgan fingerprint density at radius 3 is 2.45 bits per heavy atom. The van der Waals surface area contributed by atoms with Gasteiger partial charge in [-0.1, -0.05) is 26.5 Å². The number of carbonyl (C=O) groups excluding carboxylic acids is 2. The number of nitrogens with zero attached hydrogens (tertiary/aromatic N) is 1. The van der Waals surface area contributed by atoms with Gasteiger partial charge in [-0.15, -0.1) is 0 Å². The van der Waals surface area contributed by atoms with Gasteiger partial charge in [0.05, 0.1) is 6.04 Å². The van der Waals surface area contributed by atoms with Crippen molar-refractivity contribution in [2.45, 2.75) is 26.3 Å². The van der Waals surface area contributed by atoms with Crippen molar-refractivity contribution in [1.82, 2.24) is 10.2 Å². The van der Waals surface area contributed by atoms with Crippen LogP contribution in [0.1, 0.15) is 20.3 Å². The van der Waals surface area contributed by atoms with Crippen LogP contribution in [0.4, 0.5) is 4.79 Å². The monoisotopic (exact) mass is 530 g/mol. The molecule has 0 heterocycles. The molecule has 0 aromatic heterocycles. The zero-order chi connectivity index (χ0) is 15.3. The number of hydrogen-bond acceptors (Lipinski definition) is 4. The van der Waals surface area contributed by atoms with E-state index in [4.69, 9.17) is 9.84 Å². The van der Waals surface area contributed by atoms with E-state index in [1.807, 2.05) is 19.2 Å². The molecule has 0 aliphatic heterocycles. The Morgan fingerprint density at radius 1 is 1.50 bits per heavy atom. The minimum atomic E-state index is -1.18. The summed E-state index contributed by atoms with van der Waals surface area (Å²) >= 11 is 0. The summed E-state index contributed by atoms with van der Waals surface area (Å²) in [6.07, 6.45) is 2.23. The van der Waals surface area contributed by atoms with E-state index in [0.717, 1.165) is 0 Å². The molecule has 1 atom stereocenters. The van der Waals surface area contributed by atoms with Gasteiger partial charge in [-0.25, -0.2) is 4.79 Å². The maximum absolute atomic E-state index is 11.3. The molecule has 0 spiro atoms. The van der Waals surface area contributed by atoms with E-state index >= 15 is 0 Å². The van der Waals surface area contributed by atoms with Crippen molar-refractivity contribution in [3.8, 4) is 0 Å². The van der Waals surface area contributed by atoms with Gasteiger partial charge < -0.3 is 24.9 Å². The first-order chi connectivity index (χ1) is 9.02. The molecule has 0 aliphatic rings. The number of aliphatic carboxylic acids is 1. The summed E-state index contributed by atoms with van der Waals surface area (Å²) in [5.74, 6) is -1.18. The van der Waals surface area contributed by atoms with E-state index in [2.05, 4.69) is 6.58 Å². The molecule has 0 aliphatic carbocycles. The third kappa shape index (κ3) is 10.1. The smallest absolute Gasteiger partial charge is 0.409 e. The second-order valence-corrected chi connectivity index (χ2v) is 3.21. The van der Waals surface area contributed by atoms with Crippen LogP contribution in [0.25, 0.3) is 0 Å². The number of amides is 2. The normalized spacial score (nSPS) is 9.75. The van der Waals surface area contributed by atoms with Crippen LogP contribution in [-0.4, -0.2) is 54.7 Å². The maximum atomic E-state index is 11.3. The first-order valence-electron chi connectivity index (χ1n) is 5.87. The third-order valence-corrected chi connectivity index (χ3v) is 1.92. The molecule has 0 rings (SSSR count). The van der Waals surface area contributed by atoms with E-state index in [-0.39, 0.29) is 19.6 Å². The van der Waals surface area contributed by atoms with Gasteiger partial charge in [0.15, 0.2) is 0 Å². The van der Waals surface area contributed by atoms with Crippen molar-refractivity contribution in [2.75, 3.05) is 20.2 Å². The number of carboxylic acid groups (broad SMARTS) is 1. The molecular formula is C12H21FmN2O5-. The van der Waals surface area contributed by atoms with Gasteiger partial charge >= 0.3 is 12.1 Å². The average molecular weight is 530 g/mol. The van der Waals surface area contributed by atoms with Crippen molar-refractivity contribution in [2.24, 2.45) is 0 Å². The summed E-state index contributed by atoms with van der Waals surface area (Å²) in [6.45, 7) is 7.62. The topological polar surface area (TPSA) is 95.9 Å². The Hall–Kier alpha value is -3.05. The molecule has 122 valence electrons. The predicted molar refractivity (Wildman–Crippen MR) is 70.4 cm³/mol. The van der Waals surface area contributed by atoms with Gasteiger partial charge in [0.2, 0.25) is 0 Å². The van der Waals surface area contributed by atoms with E-state index in [0.29, 0.717) is 0 Å².